The second-order valence-electron chi connectivity index (χ2n) is 5.52. The van der Waals surface area contributed by atoms with Crippen LogP contribution in [0.1, 0.15) is 18.4 Å². The maximum atomic E-state index is 5.91. The molecule has 5 heteroatoms. The Hall–Kier alpha value is -1.75. The summed E-state index contributed by atoms with van der Waals surface area (Å²) in [4.78, 5) is 4.24. The van der Waals surface area contributed by atoms with Gasteiger partial charge in [-0.1, -0.05) is 18.2 Å². The van der Waals surface area contributed by atoms with Gasteiger partial charge in [0.2, 0.25) is 0 Å². The number of fused-ring (bicyclic) bond motifs is 1. The maximum Gasteiger partial charge on any atom is 0.191 e. The molecule has 5 nitrogen and oxygen atoms in total. The quantitative estimate of drug-likeness (QED) is 0.649. The van der Waals surface area contributed by atoms with E-state index in [2.05, 4.69) is 27.8 Å². The van der Waals surface area contributed by atoms with E-state index in [0.717, 1.165) is 50.7 Å². The molecule has 1 aromatic rings. The van der Waals surface area contributed by atoms with Gasteiger partial charge in [0.15, 0.2) is 5.96 Å². The Morgan fingerprint density at radius 1 is 1.24 bits per heavy atom. The first-order valence-electron chi connectivity index (χ1n) is 7.66. The summed E-state index contributed by atoms with van der Waals surface area (Å²) in [6.07, 6.45) is 3.72. The van der Waals surface area contributed by atoms with Gasteiger partial charge in [0.1, 0.15) is 11.9 Å². The number of rotatable bonds is 4. The van der Waals surface area contributed by atoms with E-state index in [1.807, 2.05) is 12.1 Å². The molecule has 0 bridgehead atoms. The summed E-state index contributed by atoms with van der Waals surface area (Å²) in [5, 5.41) is 6.64. The lowest BCUT2D eigenvalue weighted by atomic mass is 10.1. The van der Waals surface area contributed by atoms with Crippen molar-refractivity contribution in [2.24, 2.45) is 4.99 Å². The van der Waals surface area contributed by atoms with Crippen molar-refractivity contribution in [2.45, 2.75) is 31.5 Å². The number of aliphatic imine (C=N–C) groups is 1. The summed E-state index contributed by atoms with van der Waals surface area (Å²) in [5.74, 6) is 1.82. The summed E-state index contributed by atoms with van der Waals surface area (Å²) in [5.41, 5.74) is 1.28. The Labute approximate surface area is 125 Å². The fourth-order valence-corrected chi connectivity index (χ4v) is 2.81. The Morgan fingerprint density at radius 2 is 2.05 bits per heavy atom. The molecule has 1 saturated heterocycles. The third kappa shape index (κ3) is 3.67. The van der Waals surface area contributed by atoms with E-state index >= 15 is 0 Å². The average Bonchev–Trinajstić information content (AvgIpc) is 3.16. The van der Waals surface area contributed by atoms with Crippen molar-refractivity contribution in [3.8, 4) is 5.75 Å². The van der Waals surface area contributed by atoms with Gasteiger partial charge in [0, 0.05) is 26.6 Å². The highest BCUT2D eigenvalue weighted by Crippen LogP contribution is 2.27. The van der Waals surface area contributed by atoms with E-state index in [9.17, 15) is 0 Å². The van der Waals surface area contributed by atoms with Crippen molar-refractivity contribution in [2.75, 3.05) is 26.7 Å². The Kier molecular flexibility index (Phi) is 4.60. The van der Waals surface area contributed by atoms with E-state index in [1.165, 1.54) is 5.56 Å². The van der Waals surface area contributed by atoms with E-state index in [-0.39, 0.29) is 6.10 Å². The molecular weight excluding hydrogens is 266 g/mol. The van der Waals surface area contributed by atoms with Crippen LogP contribution in [0.2, 0.25) is 0 Å². The van der Waals surface area contributed by atoms with Crippen LogP contribution in [0.5, 0.6) is 5.75 Å². The average molecular weight is 289 g/mol. The molecule has 2 atom stereocenters. The maximum absolute atomic E-state index is 5.91. The molecule has 1 aromatic carbocycles. The van der Waals surface area contributed by atoms with Crippen LogP contribution in [0.25, 0.3) is 0 Å². The first kappa shape index (κ1) is 14.2. The fraction of sp³-hybridized carbons (Fsp3) is 0.562. The lowest BCUT2D eigenvalue weighted by Gasteiger charge is -2.17. The van der Waals surface area contributed by atoms with E-state index < -0.39 is 0 Å². The Balaban J connectivity index is 1.42. The summed E-state index contributed by atoms with van der Waals surface area (Å²) in [6, 6.07) is 8.22. The van der Waals surface area contributed by atoms with Crippen LogP contribution in [-0.2, 0) is 11.2 Å². The molecular formula is C16H23N3O2. The molecule has 1 fully saturated rings. The first-order valence-corrected chi connectivity index (χ1v) is 7.66. The summed E-state index contributed by atoms with van der Waals surface area (Å²) in [7, 11) is 1.79. The van der Waals surface area contributed by atoms with Crippen molar-refractivity contribution in [3.63, 3.8) is 0 Å². The zero-order valence-electron chi connectivity index (χ0n) is 12.5. The molecule has 0 saturated carbocycles. The fourth-order valence-electron chi connectivity index (χ4n) is 2.81. The van der Waals surface area contributed by atoms with Crippen LogP contribution < -0.4 is 15.4 Å². The molecule has 2 aliphatic rings. The molecule has 2 unspecified atom stereocenters. The second-order valence-corrected chi connectivity index (χ2v) is 5.52. The number of hydrogen-bond acceptors (Lipinski definition) is 3. The summed E-state index contributed by atoms with van der Waals surface area (Å²) >= 11 is 0. The number of para-hydroxylation sites is 1. The standard InChI is InChI=1S/C16H23N3O2/c1-17-16(18-10-13-6-4-8-20-13)19-11-14-9-12-5-2-3-7-15(12)21-14/h2-3,5,7,13-14H,4,6,8-11H2,1H3,(H2,17,18,19). The monoisotopic (exact) mass is 289 g/mol. The van der Waals surface area contributed by atoms with Gasteiger partial charge in [-0.3, -0.25) is 4.99 Å². The summed E-state index contributed by atoms with van der Waals surface area (Å²) in [6.45, 7) is 2.44. The predicted octanol–water partition coefficient (Wildman–Crippen LogP) is 1.33. The molecule has 21 heavy (non-hydrogen) atoms. The molecule has 0 aliphatic carbocycles. The smallest absolute Gasteiger partial charge is 0.191 e. The van der Waals surface area contributed by atoms with E-state index in [1.54, 1.807) is 7.05 Å². The highest BCUT2D eigenvalue weighted by atomic mass is 16.5. The second kappa shape index (κ2) is 6.80. The van der Waals surface area contributed by atoms with Crippen molar-refractivity contribution in [1.82, 2.24) is 10.6 Å². The molecule has 3 rings (SSSR count). The summed E-state index contributed by atoms with van der Waals surface area (Å²) < 4.78 is 11.5. The number of benzene rings is 1. The van der Waals surface area contributed by atoms with Crippen molar-refractivity contribution in [1.29, 1.82) is 0 Å². The van der Waals surface area contributed by atoms with Gasteiger partial charge in [-0.05, 0) is 24.5 Å². The van der Waals surface area contributed by atoms with Crippen LogP contribution in [0.3, 0.4) is 0 Å². The molecule has 114 valence electrons. The third-order valence-corrected chi connectivity index (χ3v) is 3.96. The van der Waals surface area contributed by atoms with E-state index in [0.29, 0.717) is 6.10 Å². The SMILES string of the molecule is CN=C(NCC1CCCO1)NCC1Cc2ccccc2O1. The lowest BCUT2D eigenvalue weighted by Crippen LogP contribution is -2.44. The van der Waals surface area contributed by atoms with Crippen LogP contribution in [-0.4, -0.2) is 44.9 Å². The lowest BCUT2D eigenvalue weighted by molar-refractivity contribution is 0.113. The van der Waals surface area contributed by atoms with Crippen LogP contribution in [0, 0.1) is 0 Å². The normalized spacial score (nSPS) is 24.5. The minimum atomic E-state index is 0.170. The molecule has 2 aliphatic heterocycles. The molecule has 0 amide bonds. The Bertz CT molecular complexity index is 473. The van der Waals surface area contributed by atoms with Crippen molar-refractivity contribution < 1.29 is 9.47 Å². The third-order valence-electron chi connectivity index (χ3n) is 3.96. The zero-order valence-corrected chi connectivity index (χ0v) is 12.5. The zero-order chi connectivity index (χ0) is 14.5. The predicted molar refractivity (Wildman–Crippen MR) is 82.9 cm³/mol. The van der Waals surface area contributed by atoms with Crippen molar-refractivity contribution in [3.05, 3.63) is 29.8 Å². The van der Waals surface area contributed by atoms with E-state index in [4.69, 9.17) is 9.47 Å². The van der Waals surface area contributed by atoms with Gasteiger partial charge in [0.05, 0.1) is 12.6 Å². The molecule has 0 radical (unpaired) electrons. The molecule has 2 heterocycles. The first-order chi connectivity index (χ1) is 10.3. The minimum Gasteiger partial charge on any atom is -0.488 e. The molecule has 0 spiro atoms. The minimum absolute atomic E-state index is 0.170. The number of hydrogen-bond donors (Lipinski definition) is 2. The number of ether oxygens (including phenoxy) is 2. The number of nitrogens with one attached hydrogen (secondary N) is 2. The van der Waals surface area contributed by atoms with Gasteiger partial charge in [-0.25, -0.2) is 0 Å². The highest BCUT2D eigenvalue weighted by Gasteiger charge is 2.22. The van der Waals surface area contributed by atoms with Crippen LogP contribution >= 0.6 is 0 Å². The molecule has 2 N–H and O–H groups in total. The number of guanidine groups is 1. The molecule has 0 aromatic heterocycles. The van der Waals surface area contributed by atoms with Gasteiger partial charge in [-0.2, -0.15) is 0 Å². The largest absolute Gasteiger partial charge is 0.488 e. The topological polar surface area (TPSA) is 54.9 Å². The highest BCUT2D eigenvalue weighted by molar-refractivity contribution is 5.79. The van der Waals surface area contributed by atoms with Crippen molar-refractivity contribution >= 4 is 5.96 Å². The van der Waals surface area contributed by atoms with Gasteiger partial charge >= 0.3 is 0 Å². The van der Waals surface area contributed by atoms with Gasteiger partial charge in [0.25, 0.3) is 0 Å². The number of nitrogens with zero attached hydrogens (tertiary/aromatic N) is 1. The van der Waals surface area contributed by atoms with Gasteiger partial charge in [-0.15, -0.1) is 0 Å². The van der Waals surface area contributed by atoms with Gasteiger partial charge < -0.3 is 20.1 Å². The Morgan fingerprint density at radius 3 is 2.76 bits per heavy atom. The van der Waals surface area contributed by atoms with Crippen LogP contribution in [0.15, 0.2) is 29.3 Å². The van der Waals surface area contributed by atoms with Crippen LogP contribution in [0.4, 0.5) is 0 Å².